The predicted octanol–water partition coefficient (Wildman–Crippen LogP) is 2.78. The molecule has 1 heterocycles. The van der Waals surface area contributed by atoms with Crippen molar-refractivity contribution in [3.05, 3.63) is 48.6 Å². The standard InChI is InChI=1S/C14H17NO/c1-3-12-9-14(16)15(10-12)11(2)13-7-5-4-6-8-13/h3-8,11-12H,1,9-10H2,2H3/t11-,12-/m0/s1. The molecule has 0 spiro atoms. The first-order valence-electron chi connectivity index (χ1n) is 5.69. The Balaban J connectivity index is 2.14. The molecule has 1 aliphatic rings. The fourth-order valence-corrected chi connectivity index (χ4v) is 2.20. The number of hydrogen-bond donors (Lipinski definition) is 0. The van der Waals surface area contributed by atoms with E-state index in [1.165, 1.54) is 5.56 Å². The molecule has 1 fully saturated rings. The molecule has 1 saturated heterocycles. The van der Waals surface area contributed by atoms with Crippen LogP contribution in [-0.4, -0.2) is 17.4 Å². The second-order valence-corrected chi connectivity index (χ2v) is 4.33. The van der Waals surface area contributed by atoms with E-state index in [2.05, 4.69) is 25.6 Å². The van der Waals surface area contributed by atoms with Crippen LogP contribution in [0.5, 0.6) is 0 Å². The van der Waals surface area contributed by atoms with Gasteiger partial charge in [-0.1, -0.05) is 36.4 Å². The van der Waals surface area contributed by atoms with E-state index in [-0.39, 0.29) is 11.9 Å². The third kappa shape index (κ3) is 2.01. The lowest BCUT2D eigenvalue weighted by Gasteiger charge is -2.25. The van der Waals surface area contributed by atoms with Crippen LogP contribution in [-0.2, 0) is 4.79 Å². The third-order valence-electron chi connectivity index (χ3n) is 3.27. The lowest BCUT2D eigenvalue weighted by atomic mass is 10.1. The number of benzene rings is 1. The fraction of sp³-hybridized carbons (Fsp3) is 0.357. The van der Waals surface area contributed by atoms with Crippen molar-refractivity contribution >= 4 is 5.91 Å². The zero-order valence-corrected chi connectivity index (χ0v) is 9.60. The summed E-state index contributed by atoms with van der Waals surface area (Å²) in [6.45, 7) is 6.65. The van der Waals surface area contributed by atoms with Crippen molar-refractivity contribution in [1.29, 1.82) is 0 Å². The average molecular weight is 215 g/mol. The summed E-state index contributed by atoms with van der Waals surface area (Å²) >= 11 is 0. The Morgan fingerprint density at radius 3 is 2.69 bits per heavy atom. The number of amides is 1. The van der Waals surface area contributed by atoms with Gasteiger partial charge >= 0.3 is 0 Å². The highest BCUT2D eigenvalue weighted by Gasteiger charge is 2.31. The van der Waals surface area contributed by atoms with Crippen molar-refractivity contribution in [3.8, 4) is 0 Å². The summed E-state index contributed by atoms with van der Waals surface area (Å²) in [5, 5.41) is 0. The summed E-state index contributed by atoms with van der Waals surface area (Å²) < 4.78 is 0. The van der Waals surface area contributed by atoms with Crippen LogP contribution in [0.3, 0.4) is 0 Å². The van der Waals surface area contributed by atoms with Crippen molar-refractivity contribution in [2.45, 2.75) is 19.4 Å². The smallest absolute Gasteiger partial charge is 0.223 e. The maximum absolute atomic E-state index is 11.8. The number of carbonyl (C=O) groups excluding carboxylic acids is 1. The molecule has 1 aromatic rings. The van der Waals surface area contributed by atoms with E-state index in [0.717, 1.165) is 6.54 Å². The van der Waals surface area contributed by atoms with Gasteiger partial charge in [0.25, 0.3) is 0 Å². The van der Waals surface area contributed by atoms with E-state index in [4.69, 9.17) is 0 Å². The van der Waals surface area contributed by atoms with Gasteiger partial charge in [0.05, 0.1) is 6.04 Å². The number of hydrogen-bond acceptors (Lipinski definition) is 1. The molecule has 16 heavy (non-hydrogen) atoms. The molecule has 0 saturated carbocycles. The Labute approximate surface area is 96.6 Å². The molecular weight excluding hydrogens is 198 g/mol. The Kier molecular flexibility index (Phi) is 3.09. The van der Waals surface area contributed by atoms with Crippen LogP contribution >= 0.6 is 0 Å². The minimum absolute atomic E-state index is 0.165. The van der Waals surface area contributed by atoms with Crippen LogP contribution in [0.2, 0.25) is 0 Å². The quantitative estimate of drug-likeness (QED) is 0.710. The normalized spacial score (nSPS) is 22.2. The van der Waals surface area contributed by atoms with E-state index >= 15 is 0 Å². The van der Waals surface area contributed by atoms with E-state index in [1.54, 1.807) is 0 Å². The van der Waals surface area contributed by atoms with Gasteiger partial charge in [-0.2, -0.15) is 0 Å². The molecule has 0 bridgehead atoms. The van der Waals surface area contributed by atoms with E-state index < -0.39 is 0 Å². The van der Waals surface area contributed by atoms with E-state index in [9.17, 15) is 4.79 Å². The molecule has 84 valence electrons. The van der Waals surface area contributed by atoms with Gasteiger partial charge in [-0.25, -0.2) is 0 Å². The number of rotatable bonds is 3. The summed E-state index contributed by atoms with van der Waals surface area (Å²) in [6.07, 6.45) is 2.50. The molecule has 0 unspecified atom stereocenters. The van der Waals surface area contributed by atoms with Gasteiger partial charge in [-0.15, -0.1) is 6.58 Å². The van der Waals surface area contributed by atoms with Gasteiger partial charge in [0.2, 0.25) is 5.91 Å². The van der Waals surface area contributed by atoms with Crippen LogP contribution in [0, 0.1) is 5.92 Å². The second-order valence-electron chi connectivity index (χ2n) is 4.33. The van der Waals surface area contributed by atoms with Crippen LogP contribution in [0.4, 0.5) is 0 Å². The minimum atomic E-state index is 0.165. The number of carbonyl (C=O) groups is 1. The highest BCUT2D eigenvalue weighted by molar-refractivity contribution is 5.79. The van der Waals surface area contributed by atoms with Crippen LogP contribution in [0.1, 0.15) is 24.9 Å². The van der Waals surface area contributed by atoms with Gasteiger partial charge in [0.1, 0.15) is 0 Å². The van der Waals surface area contributed by atoms with Crippen LogP contribution in [0.15, 0.2) is 43.0 Å². The van der Waals surface area contributed by atoms with Crippen molar-refractivity contribution in [3.63, 3.8) is 0 Å². The maximum Gasteiger partial charge on any atom is 0.223 e. The monoisotopic (exact) mass is 215 g/mol. The zero-order chi connectivity index (χ0) is 11.5. The summed E-state index contributed by atoms with van der Waals surface area (Å²) in [7, 11) is 0. The molecule has 1 aromatic carbocycles. The average Bonchev–Trinajstić information content (AvgIpc) is 2.71. The van der Waals surface area contributed by atoms with Crippen molar-refractivity contribution < 1.29 is 4.79 Å². The van der Waals surface area contributed by atoms with Crippen LogP contribution in [0.25, 0.3) is 0 Å². The van der Waals surface area contributed by atoms with Gasteiger partial charge in [0.15, 0.2) is 0 Å². The van der Waals surface area contributed by atoms with Crippen molar-refractivity contribution in [1.82, 2.24) is 4.90 Å². The largest absolute Gasteiger partial charge is 0.335 e. The third-order valence-corrected chi connectivity index (χ3v) is 3.27. The fourth-order valence-electron chi connectivity index (χ4n) is 2.20. The second kappa shape index (κ2) is 4.52. The summed E-state index contributed by atoms with van der Waals surface area (Å²) in [4.78, 5) is 13.8. The lowest BCUT2D eigenvalue weighted by molar-refractivity contribution is -0.129. The molecule has 2 atom stereocenters. The van der Waals surface area contributed by atoms with Gasteiger partial charge in [-0.3, -0.25) is 4.79 Å². The molecular formula is C14H17NO. The first-order chi connectivity index (χ1) is 7.72. The Morgan fingerprint density at radius 2 is 2.12 bits per heavy atom. The summed E-state index contributed by atoms with van der Waals surface area (Å²) in [5.74, 6) is 0.555. The highest BCUT2D eigenvalue weighted by Crippen LogP contribution is 2.28. The highest BCUT2D eigenvalue weighted by atomic mass is 16.2. The minimum Gasteiger partial charge on any atom is -0.335 e. The van der Waals surface area contributed by atoms with Gasteiger partial charge < -0.3 is 4.90 Å². The molecule has 2 nitrogen and oxygen atoms in total. The molecule has 0 N–H and O–H groups in total. The maximum atomic E-state index is 11.8. The summed E-state index contributed by atoms with van der Waals surface area (Å²) in [5.41, 5.74) is 1.19. The Bertz CT molecular complexity index is 385. The first-order valence-corrected chi connectivity index (χ1v) is 5.69. The molecule has 2 rings (SSSR count). The predicted molar refractivity (Wildman–Crippen MR) is 64.9 cm³/mol. The Hall–Kier alpha value is -1.57. The number of likely N-dealkylation sites (tertiary alicyclic amines) is 1. The SMILES string of the molecule is C=C[C@H]1CC(=O)N([C@@H](C)c2ccccc2)C1. The van der Waals surface area contributed by atoms with E-state index in [1.807, 2.05) is 29.2 Å². The molecule has 2 heteroatoms. The Morgan fingerprint density at radius 1 is 1.44 bits per heavy atom. The lowest BCUT2D eigenvalue weighted by Crippen LogP contribution is -2.28. The van der Waals surface area contributed by atoms with Crippen LogP contribution < -0.4 is 0 Å². The van der Waals surface area contributed by atoms with Gasteiger partial charge in [-0.05, 0) is 12.5 Å². The molecule has 1 amide bonds. The van der Waals surface area contributed by atoms with Gasteiger partial charge in [0, 0.05) is 18.9 Å². The molecule has 0 aliphatic carbocycles. The first kappa shape index (κ1) is 10.9. The number of nitrogens with zero attached hydrogens (tertiary/aromatic N) is 1. The molecule has 0 aromatic heterocycles. The summed E-state index contributed by atoms with van der Waals surface area (Å²) in [6, 6.07) is 10.3. The van der Waals surface area contributed by atoms with E-state index in [0.29, 0.717) is 12.3 Å². The topological polar surface area (TPSA) is 20.3 Å². The van der Waals surface area contributed by atoms with Crippen molar-refractivity contribution in [2.75, 3.05) is 6.54 Å². The molecule has 1 aliphatic heterocycles. The zero-order valence-electron chi connectivity index (χ0n) is 9.60. The van der Waals surface area contributed by atoms with Crippen molar-refractivity contribution in [2.24, 2.45) is 5.92 Å². The molecule has 0 radical (unpaired) electrons.